The number of ketones is 4. The molecule has 1 aliphatic carbocycles. The quantitative estimate of drug-likeness (QED) is 0.629. The van der Waals surface area contributed by atoms with Crippen LogP contribution in [-0.4, -0.2) is 23.1 Å². The number of benzene rings is 2. The van der Waals surface area contributed by atoms with Gasteiger partial charge < -0.3 is 0 Å². The number of allylic oxidation sites excluding steroid dienone is 1. The van der Waals surface area contributed by atoms with Crippen LogP contribution in [0.2, 0.25) is 5.02 Å². The molecular formula is C20H13ClO4. The Kier molecular flexibility index (Phi) is 4.72. The van der Waals surface area contributed by atoms with Crippen molar-refractivity contribution in [1.29, 1.82) is 0 Å². The molecule has 5 heteroatoms. The van der Waals surface area contributed by atoms with Gasteiger partial charge >= 0.3 is 0 Å². The second kappa shape index (κ2) is 6.95. The van der Waals surface area contributed by atoms with E-state index in [0.29, 0.717) is 16.1 Å². The van der Waals surface area contributed by atoms with Crippen molar-refractivity contribution in [2.45, 2.75) is 5.92 Å². The molecule has 0 bridgehead atoms. The zero-order valence-corrected chi connectivity index (χ0v) is 13.8. The highest BCUT2D eigenvalue weighted by Gasteiger charge is 2.48. The first-order valence-electron chi connectivity index (χ1n) is 7.64. The second-order valence-corrected chi connectivity index (χ2v) is 6.13. The Morgan fingerprint density at radius 2 is 1.28 bits per heavy atom. The summed E-state index contributed by atoms with van der Waals surface area (Å²) in [5.74, 6) is -6.10. The Balaban J connectivity index is 1.88. The van der Waals surface area contributed by atoms with Gasteiger partial charge in [0.05, 0.1) is 0 Å². The lowest BCUT2D eigenvalue weighted by atomic mass is 9.75. The summed E-state index contributed by atoms with van der Waals surface area (Å²) in [5.41, 5.74) is 1.06. The molecule has 0 aliphatic heterocycles. The van der Waals surface area contributed by atoms with E-state index in [0.717, 1.165) is 0 Å². The van der Waals surface area contributed by atoms with Crippen molar-refractivity contribution in [1.82, 2.24) is 0 Å². The Morgan fingerprint density at radius 3 is 1.84 bits per heavy atom. The molecule has 2 aromatic carbocycles. The van der Waals surface area contributed by atoms with Crippen LogP contribution in [0.15, 0.2) is 60.7 Å². The fraction of sp³-hybridized carbons (Fsp3) is 0.100. The summed E-state index contributed by atoms with van der Waals surface area (Å²) < 4.78 is 0. The van der Waals surface area contributed by atoms with Crippen molar-refractivity contribution in [2.24, 2.45) is 5.92 Å². The molecule has 0 spiro atoms. The van der Waals surface area contributed by atoms with Crippen LogP contribution in [0.5, 0.6) is 0 Å². The molecule has 0 atom stereocenters. The van der Waals surface area contributed by atoms with Gasteiger partial charge in [0.25, 0.3) is 0 Å². The molecule has 124 valence electrons. The predicted molar refractivity (Wildman–Crippen MR) is 93.2 cm³/mol. The third-order valence-corrected chi connectivity index (χ3v) is 4.31. The predicted octanol–water partition coefficient (Wildman–Crippen LogP) is 3.04. The van der Waals surface area contributed by atoms with E-state index in [9.17, 15) is 19.2 Å². The fourth-order valence-corrected chi connectivity index (χ4v) is 2.86. The van der Waals surface area contributed by atoms with Gasteiger partial charge in [-0.15, -0.1) is 0 Å². The third-order valence-electron chi connectivity index (χ3n) is 4.06. The molecule has 1 fully saturated rings. The van der Waals surface area contributed by atoms with Crippen LogP contribution >= 0.6 is 11.6 Å². The highest BCUT2D eigenvalue weighted by molar-refractivity contribution is 6.62. The minimum absolute atomic E-state index is 0.360. The maximum atomic E-state index is 12.4. The van der Waals surface area contributed by atoms with Crippen LogP contribution in [-0.2, 0) is 19.2 Å². The van der Waals surface area contributed by atoms with Gasteiger partial charge in [-0.25, -0.2) is 0 Å². The van der Waals surface area contributed by atoms with E-state index < -0.39 is 35.0 Å². The molecule has 0 saturated heterocycles. The van der Waals surface area contributed by atoms with Gasteiger partial charge in [-0.2, -0.15) is 0 Å². The summed E-state index contributed by atoms with van der Waals surface area (Å²) in [7, 11) is 0. The average Bonchev–Trinajstić information content (AvgIpc) is 2.63. The second-order valence-electron chi connectivity index (χ2n) is 5.69. The average molecular weight is 353 g/mol. The lowest BCUT2D eigenvalue weighted by molar-refractivity contribution is -0.151. The normalized spacial score (nSPS) is 21.2. The van der Waals surface area contributed by atoms with Crippen molar-refractivity contribution in [2.75, 3.05) is 0 Å². The Labute approximate surface area is 149 Å². The molecular weight excluding hydrogens is 340 g/mol. The molecule has 2 aromatic rings. The molecule has 3 rings (SSSR count). The van der Waals surface area contributed by atoms with Crippen molar-refractivity contribution in [3.63, 3.8) is 0 Å². The van der Waals surface area contributed by atoms with Gasteiger partial charge in [0.1, 0.15) is 11.8 Å². The van der Waals surface area contributed by atoms with Gasteiger partial charge in [0.2, 0.25) is 23.1 Å². The van der Waals surface area contributed by atoms with Crippen LogP contribution < -0.4 is 0 Å². The molecule has 0 aromatic heterocycles. The summed E-state index contributed by atoms with van der Waals surface area (Å²) in [6.45, 7) is 0. The van der Waals surface area contributed by atoms with E-state index in [1.165, 1.54) is 12.2 Å². The molecule has 0 amide bonds. The summed E-state index contributed by atoms with van der Waals surface area (Å²) in [5, 5.41) is 0.554. The summed E-state index contributed by atoms with van der Waals surface area (Å²) in [4.78, 5) is 49.4. The van der Waals surface area contributed by atoms with Gasteiger partial charge in [0, 0.05) is 5.02 Å². The maximum absolute atomic E-state index is 12.4. The molecule has 0 N–H and O–H groups in total. The standard InChI is InChI=1S/C20H13ClO4/c21-14-9-6-12(7-10-14)8-11-15-17(22)19(24)16(20(25)18(15)23)13-4-2-1-3-5-13/h1-11,15-16H. The minimum Gasteiger partial charge on any atom is -0.290 e. The SMILES string of the molecule is O=C1C(=O)C(c2ccccc2)C(=O)C(=O)C1C=Cc1ccc(Cl)cc1. The summed E-state index contributed by atoms with van der Waals surface area (Å²) >= 11 is 5.80. The first-order valence-corrected chi connectivity index (χ1v) is 8.01. The Hall–Kier alpha value is -2.85. The van der Waals surface area contributed by atoms with E-state index in [2.05, 4.69) is 0 Å². The molecule has 1 saturated carbocycles. The largest absolute Gasteiger partial charge is 0.290 e. The number of carbonyl (C=O) groups excluding carboxylic acids is 4. The van der Waals surface area contributed by atoms with Crippen LogP contribution in [0, 0.1) is 5.92 Å². The number of halogens is 1. The Bertz CT molecular complexity index is 854. The summed E-state index contributed by atoms with van der Waals surface area (Å²) in [6, 6.07) is 14.9. The van der Waals surface area contributed by atoms with Gasteiger partial charge in [-0.3, -0.25) is 19.2 Å². The first-order chi connectivity index (χ1) is 12.0. The third kappa shape index (κ3) is 3.35. The van der Waals surface area contributed by atoms with Crippen molar-refractivity contribution in [3.8, 4) is 0 Å². The number of hydrogen-bond donors (Lipinski definition) is 0. The number of Topliss-reactive ketones (excluding diaryl/α,β-unsaturated/α-hetero) is 4. The molecule has 4 nitrogen and oxygen atoms in total. The molecule has 0 heterocycles. The first kappa shape index (κ1) is 17.0. The van der Waals surface area contributed by atoms with Crippen molar-refractivity contribution in [3.05, 3.63) is 76.8 Å². The maximum Gasteiger partial charge on any atom is 0.214 e. The zero-order valence-electron chi connectivity index (χ0n) is 13.0. The van der Waals surface area contributed by atoms with E-state index in [1.54, 1.807) is 54.6 Å². The minimum atomic E-state index is -1.37. The van der Waals surface area contributed by atoms with Crippen LogP contribution in [0.3, 0.4) is 0 Å². The van der Waals surface area contributed by atoms with Gasteiger partial charge in [-0.05, 0) is 23.3 Å². The summed E-state index contributed by atoms with van der Waals surface area (Å²) in [6.07, 6.45) is 2.82. The number of carbonyl (C=O) groups is 4. The fourth-order valence-electron chi connectivity index (χ4n) is 2.73. The van der Waals surface area contributed by atoms with Crippen LogP contribution in [0.4, 0.5) is 0 Å². The van der Waals surface area contributed by atoms with Crippen LogP contribution in [0.1, 0.15) is 17.0 Å². The molecule has 1 aliphatic rings. The molecule has 25 heavy (non-hydrogen) atoms. The highest BCUT2D eigenvalue weighted by Crippen LogP contribution is 2.27. The van der Waals surface area contributed by atoms with Gasteiger partial charge in [-0.1, -0.05) is 66.2 Å². The highest BCUT2D eigenvalue weighted by atomic mass is 35.5. The van der Waals surface area contributed by atoms with Crippen molar-refractivity contribution >= 4 is 40.8 Å². The van der Waals surface area contributed by atoms with E-state index in [4.69, 9.17) is 11.6 Å². The smallest absolute Gasteiger partial charge is 0.214 e. The van der Waals surface area contributed by atoms with Crippen molar-refractivity contribution < 1.29 is 19.2 Å². The van der Waals surface area contributed by atoms with E-state index in [-0.39, 0.29) is 0 Å². The topological polar surface area (TPSA) is 68.3 Å². The molecule has 0 unspecified atom stereocenters. The Morgan fingerprint density at radius 1 is 0.720 bits per heavy atom. The number of hydrogen-bond acceptors (Lipinski definition) is 4. The monoisotopic (exact) mass is 352 g/mol. The lowest BCUT2D eigenvalue weighted by Crippen LogP contribution is -2.46. The lowest BCUT2D eigenvalue weighted by Gasteiger charge is -2.22. The van der Waals surface area contributed by atoms with Crippen LogP contribution in [0.25, 0.3) is 6.08 Å². The molecule has 0 radical (unpaired) electrons. The van der Waals surface area contributed by atoms with E-state index in [1.807, 2.05) is 0 Å². The van der Waals surface area contributed by atoms with E-state index >= 15 is 0 Å². The number of rotatable bonds is 3. The zero-order chi connectivity index (χ0) is 18.0. The van der Waals surface area contributed by atoms with Gasteiger partial charge in [0.15, 0.2) is 0 Å².